The number of phenols is 2. The van der Waals surface area contributed by atoms with Crippen LogP contribution in [0.2, 0.25) is 0 Å². The van der Waals surface area contributed by atoms with Crippen molar-refractivity contribution in [1.82, 2.24) is 0 Å². The van der Waals surface area contributed by atoms with Gasteiger partial charge in [0.15, 0.2) is 0 Å². The lowest BCUT2D eigenvalue weighted by Gasteiger charge is -2.10. The highest BCUT2D eigenvalue weighted by Crippen LogP contribution is 2.34. The normalized spacial score (nSPS) is 11.6. The Morgan fingerprint density at radius 3 is 1.07 bits per heavy atom. The summed E-state index contributed by atoms with van der Waals surface area (Å²) in [6, 6.07) is 16.4. The first-order valence-electron chi connectivity index (χ1n) is 22.8. The largest absolute Gasteiger partial charge is 0.507 e. The summed E-state index contributed by atoms with van der Waals surface area (Å²) < 4.78 is 18.0. The van der Waals surface area contributed by atoms with E-state index in [1.807, 2.05) is 42.5 Å². The highest BCUT2D eigenvalue weighted by molar-refractivity contribution is 5.90. The molecule has 57 heavy (non-hydrogen) atoms. The maximum Gasteiger partial charge on any atom is 0.128 e. The van der Waals surface area contributed by atoms with Crippen LogP contribution in [-0.4, -0.2) is 42.5 Å². The van der Waals surface area contributed by atoms with E-state index in [2.05, 4.69) is 20.8 Å². The van der Waals surface area contributed by atoms with E-state index in [9.17, 15) is 10.2 Å². The molecule has 316 valence electrons. The van der Waals surface area contributed by atoms with Crippen LogP contribution < -0.4 is 14.2 Å². The number of hydrogen-bond donors (Lipinski definition) is 2. The van der Waals surface area contributed by atoms with Crippen LogP contribution in [-0.2, 0) is 0 Å². The molecular formula is C50H76N2O5. The van der Waals surface area contributed by atoms with Gasteiger partial charge in [0.1, 0.15) is 28.7 Å². The molecule has 0 aliphatic heterocycles. The summed E-state index contributed by atoms with van der Waals surface area (Å²) >= 11 is 0. The number of hydrogen-bond acceptors (Lipinski definition) is 7. The monoisotopic (exact) mass is 785 g/mol. The van der Waals surface area contributed by atoms with Gasteiger partial charge in [-0.05, 0) is 55.7 Å². The maximum atomic E-state index is 10.9. The summed E-state index contributed by atoms with van der Waals surface area (Å²) in [6.45, 7) is 8.67. The third-order valence-corrected chi connectivity index (χ3v) is 10.4. The smallest absolute Gasteiger partial charge is 0.128 e. The van der Waals surface area contributed by atoms with E-state index >= 15 is 0 Å². The molecule has 0 radical (unpaired) electrons. The molecule has 0 aliphatic carbocycles. The van der Waals surface area contributed by atoms with E-state index in [1.54, 1.807) is 24.6 Å². The molecular weight excluding hydrogens is 709 g/mol. The van der Waals surface area contributed by atoms with Crippen molar-refractivity contribution in [3.63, 3.8) is 0 Å². The van der Waals surface area contributed by atoms with Crippen molar-refractivity contribution in [3.8, 4) is 28.7 Å². The van der Waals surface area contributed by atoms with Crippen LogP contribution in [0.5, 0.6) is 28.7 Å². The zero-order valence-corrected chi connectivity index (χ0v) is 36.0. The molecule has 0 fully saturated rings. The molecule has 7 heteroatoms. The van der Waals surface area contributed by atoms with Gasteiger partial charge in [0.2, 0.25) is 0 Å². The Kier molecular flexibility index (Phi) is 25.8. The van der Waals surface area contributed by atoms with Crippen LogP contribution in [0.3, 0.4) is 0 Å². The fourth-order valence-corrected chi connectivity index (χ4v) is 6.81. The Bertz CT molecular complexity index is 1540. The summed E-state index contributed by atoms with van der Waals surface area (Å²) in [5.74, 6) is 2.24. The third kappa shape index (κ3) is 21.4. The molecule has 0 atom stereocenters. The number of nitrogens with zero attached hydrogens (tertiary/aromatic N) is 2. The quantitative estimate of drug-likeness (QED) is 0.0465. The van der Waals surface area contributed by atoms with Gasteiger partial charge >= 0.3 is 0 Å². The minimum atomic E-state index is 0.106. The van der Waals surface area contributed by atoms with Gasteiger partial charge in [-0.25, -0.2) is 0 Å². The van der Waals surface area contributed by atoms with Gasteiger partial charge < -0.3 is 24.4 Å². The van der Waals surface area contributed by atoms with E-state index in [0.29, 0.717) is 53.8 Å². The lowest BCUT2D eigenvalue weighted by Crippen LogP contribution is -1.98. The van der Waals surface area contributed by atoms with Crippen molar-refractivity contribution in [2.24, 2.45) is 9.98 Å². The molecule has 0 bridgehead atoms. The fraction of sp³-hybridized carbons (Fsp3) is 0.600. The van der Waals surface area contributed by atoms with Gasteiger partial charge in [-0.3, -0.25) is 9.98 Å². The number of rotatable bonds is 34. The third-order valence-electron chi connectivity index (χ3n) is 10.4. The zero-order valence-electron chi connectivity index (χ0n) is 36.0. The van der Waals surface area contributed by atoms with E-state index in [0.717, 1.165) is 44.3 Å². The number of unbranched alkanes of at least 4 members (excludes halogenated alkanes) is 21. The topological polar surface area (TPSA) is 92.9 Å². The number of aromatic hydroxyl groups is 2. The van der Waals surface area contributed by atoms with Crippen LogP contribution in [0.25, 0.3) is 0 Å². The van der Waals surface area contributed by atoms with E-state index in [4.69, 9.17) is 24.2 Å². The Balaban J connectivity index is 1.60. The molecule has 2 N–H and O–H groups in total. The molecule has 0 unspecified atom stereocenters. The first kappa shape index (κ1) is 47.4. The second-order valence-electron chi connectivity index (χ2n) is 15.6. The number of benzene rings is 3. The lowest BCUT2D eigenvalue weighted by atomic mass is 10.1. The summed E-state index contributed by atoms with van der Waals surface area (Å²) in [5, 5.41) is 21.7. The molecule has 7 nitrogen and oxygen atoms in total. The van der Waals surface area contributed by atoms with E-state index < -0.39 is 0 Å². The molecule has 3 aromatic rings. The highest BCUT2D eigenvalue weighted by Gasteiger charge is 2.08. The van der Waals surface area contributed by atoms with Crippen molar-refractivity contribution in [2.75, 3.05) is 19.8 Å². The van der Waals surface area contributed by atoms with Gasteiger partial charge in [0, 0.05) is 41.8 Å². The molecule has 0 heterocycles. The van der Waals surface area contributed by atoms with Crippen molar-refractivity contribution in [3.05, 3.63) is 65.7 Å². The molecule has 0 spiro atoms. The first-order valence-corrected chi connectivity index (χ1v) is 22.8. The lowest BCUT2D eigenvalue weighted by molar-refractivity contribution is 0.302. The second kappa shape index (κ2) is 31.0. The fourth-order valence-electron chi connectivity index (χ4n) is 6.81. The summed E-state index contributed by atoms with van der Waals surface area (Å²) in [5.41, 5.74) is 2.37. The molecule has 3 aromatic carbocycles. The molecule has 0 aliphatic rings. The summed E-state index contributed by atoms with van der Waals surface area (Å²) in [6.07, 6.45) is 33.2. The van der Waals surface area contributed by atoms with E-state index in [-0.39, 0.29) is 11.5 Å². The predicted octanol–water partition coefficient (Wildman–Crippen LogP) is 15.2. The van der Waals surface area contributed by atoms with Gasteiger partial charge in [0.05, 0.1) is 31.2 Å². The summed E-state index contributed by atoms with van der Waals surface area (Å²) in [4.78, 5) is 9.49. The Morgan fingerprint density at radius 1 is 0.386 bits per heavy atom. The number of ether oxygens (including phenoxy) is 3. The zero-order chi connectivity index (χ0) is 40.6. The molecule has 0 saturated heterocycles. The second-order valence-corrected chi connectivity index (χ2v) is 15.6. The average Bonchev–Trinajstić information content (AvgIpc) is 3.21. The van der Waals surface area contributed by atoms with Crippen LogP contribution in [0, 0.1) is 0 Å². The number of aliphatic imine (C=N–C) groups is 2. The van der Waals surface area contributed by atoms with Gasteiger partial charge in [-0.2, -0.15) is 0 Å². The van der Waals surface area contributed by atoms with Crippen molar-refractivity contribution in [2.45, 2.75) is 175 Å². The number of phenolic OH excluding ortho intramolecular Hbond substituents is 2. The van der Waals surface area contributed by atoms with Crippen molar-refractivity contribution in [1.29, 1.82) is 0 Å². The SMILES string of the molecule is CCCCCCCCCCOc1ccc(C=Nc2ccc(OCCCCCCCCCC)cc2N=Cc2ccc(OCCCCCCCCCC)cc2O)c(O)c1. The minimum Gasteiger partial charge on any atom is -0.507 e. The van der Waals surface area contributed by atoms with Crippen LogP contribution in [0.1, 0.15) is 186 Å². The molecule has 0 aromatic heterocycles. The van der Waals surface area contributed by atoms with Crippen LogP contribution in [0.4, 0.5) is 11.4 Å². The Labute approximate surface area is 346 Å². The molecule has 0 amide bonds. The van der Waals surface area contributed by atoms with E-state index in [1.165, 1.54) is 116 Å². The predicted molar refractivity (Wildman–Crippen MR) is 241 cm³/mol. The van der Waals surface area contributed by atoms with Crippen molar-refractivity contribution >= 4 is 23.8 Å². The maximum absolute atomic E-state index is 10.9. The van der Waals surface area contributed by atoms with Gasteiger partial charge in [-0.1, -0.05) is 156 Å². The molecule has 3 rings (SSSR count). The Hall–Kier alpha value is -4.00. The molecule has 0 saturated carbocycles. The standard InChI is InChI=1S/C50H76N2O5/c1-4-7-10-13-16-19-22-25-34-55-44-32-33-47(51-40-42-28-30-45(38-49(42)53)56-35-26-23-20-17-14-11-8-5-2)48(37-44)52-41-43-29-31-46(39-50(43)54)57-36-27-24-21-18-15-12-9-6-3/h28-33,37-41,53-54H,4-27,34-36H2,1-3H3. The first-order chi connectivity index (χ1) is 28.0. The van der Waals surface area contributed by atoms with Gasteiger partial charge in [0.25, 0.3) is 0 Å². The minimum absolute atomic E-state index is 0.106. The highest BCUT2D eigenvalue weighted by atomic mass is 16.5. The van der Waals surface area contributed by atoms with Crippen molar-refractivity contribution < 1.29 is 24.4 Å². The van der Waals surface area contributed by atoms with Crippen LogP contribution >= 0.6 is 0 Å². The van der Waals surface area contributed by atoms with Gasteiger partial charge in [-0.15, -0.1) is 0 Å². The van der Waals surface area contributed by atoms with Crippen LogP contribution in [0.15, 0.2) is 64.6 Å². The average molecular weight is 785 g/mol. The summed E-state index contributed by atoms with van der Waals surface area (Å²) in [7, 11) is 0. The Morgan fingerprint density at radius 2 is 0.702 bits per heavy atom.